The van der Waals surface area contributed by atoms with Gasteiger partial charge in [0.05, 0.1) is 23.1 Å². The molecule has 7 heteroatoms. The Hall–Kier alpha value is -2.05. The molecule has 23 heavy (non-hydrogen) atoms. The average molecular weight is 340 g/mol. The Bertz CT molecular complexity index is 827. The number of hydrogen-bond acceptors (Lipinski definition) is 2. The van der Waals surface area contributed by atoms with Crippen LogP contribution in [-0.2, 0) is 19.3 Å². The van der Waals surface area contributed by atoms with Crippen molar-refractivity contribution >= 4 is 22.6 Å². The quantitative estimate of drug-likeness (QED) is 0.733. The minimum Gasteiger partial charge on any atom is -0.341 e. The lowest BCUT2D eigenvalue weighted by Crippen LogP contribution is -2.13. The Kier molecular flexibility index (Phi) is 4.28. The number of fused-ring (bicyclic) bond motifs is 1. The standard InChI is InChI=1S/C16H13ClF3N3/c17-12-3-1-2-10(6-12)8-21-9-15-22-13-5-4-11(16(18,19)20)7-14(13)23-15/h1-7,21H,8-9H2,(H,22,23). The van der Waals surface area contributed by atoms with E-state index in [0.717, 1.165) is 17.7 Å². The van der Waals surface area contributed by atoms with Crippen LogP contribution in [0.5, 0.6) is 0 Å². The smallest absolute Gasteiger partial charge is 0.341 e. The normalized spacial score (nSPS) is 12.0. The Morgan fingerprint density at radius 3 is 2.65 bits per heavy atom. The predicted octanol–water partition coefficient (Wildman–Crippen LogP) is 4.52. The second kappa shape index (κ2) is 6.22. The van der Waals surface area contributed by atoms with E-state index < -0.39 is 11.7 Å². The van der Waals surface area contributed by atoms with E-state index in [-0.39, 0.29) is 0 Å². The van der Waals surface area contributed by atoms with Crippen molar-refractivity contribution in [2.45, 2.75) is 19.3 Å². The van der Waals surface area contributed by atoms with Crippen LogP contribution in [0.25, 0.3) is 11.0 Å². The number of aromatic amines is 1. The molecule has 3 nitrogen and oxygen atoms in total. The molecule has 0 radical (unpaired) electrons. The van der Waals surface area contributed by atoms with Gasteiger partial charge in [-0.2, -0.15) is 13.2 Å². The van der Waals surface area contributed by atoms with Crippen LogP contribution in [0.15, 0.2) is 42.5 Å². The van der Waals surface area contributed by atoms with E-state index in [0.29, 0.717) is 35.0 Å². The van der Waals surface area contributed by atoms with Crippen LogP contribution in [0, 0.1) is 0 Å². The topological polar surface area (TPSA) is 40.7 Å². The number of rotatable bonds is 4. The van der Waals surface area contributed by atoms with Crippen LogP contribution in [0.1, 0.15) is 17.0 Å². The molecule has 0 amide bonds. The monoisotopic (exact) mass is 339 g/mol. The molecule has 0 aliphatic carbocycles. The first kappa shape index (κ1) is 15.8. The van der Waals surface area contributed by atoms with Crippen molar-refractivity contribution in [3.05, 3.63) is 64.4 Å². The van der Waals surface area contributed by atoms with Gasteiger partial charge in [0, 0.05) is 11.6 Å². The van der Waals surface area contributed by atoms with Gasteiger partial charge in [-0.3, -0.25) is 0 Å². The number of nitrogens with one attached hydrogen (secondary N) is 2. The number of alkyl halides is 3. The Labute approximate surface area is 135 Å². The maximum Gasteiger partial charge on any atom is 0.416 e. The molecule has 1 heterocycles. The summed E-state index contributed by atoms with van der Waals surface area (Å²) in [4.78, 5) is 7.18. The molecule has 0 fully saturated rings. The second-order valence-corrected chi connectivity index (χ2v) is 5.58. The van der Waals surface area contributed by atoms with Crippen LogP contribution >= 0.6 is 11.6 Å². The molecule has 2 aromatic carbocycles. The zero-order valence-electron chi connectivity index (χ0n) is 11.9. The lowest BCUT2D eigenvalue weighted by atomic mass is 10.2. The molecule has 0 spiro atoms. The van der Waals surface area contributed by atoms with Crippen molar-refractivity contribution in [3.63, 3.8) is 0 Å². The van der Waals surface area contributed by atoms with E-state index in [1.165, 1.54) is 6.07 Å². The fraction of sp³-hybridized carbons (Fsp3) is 0.188. The Morgan fingerprint density at radius 2 is 1.91 bits per heavy atom. The van der Waals surface area contributed by atoms with Crippen molar-refractivity contribution in [1.82, 2.24) is 15.3 Å². The molecule has 0 bridgehead atoms. The maximum atomic E-state index is 12.7. The molecule has 3 rings (SSSR count). The molecule has 0 atom stereocenters. The summed E-state index contributed by atoms with van der Waals surface area (Å²) in [5.74, 6) is 0.585. The van der Waals surface area contributed by atoms with Crippen molar-refractivity contribution < 1.29 is 13.2 Å². The number of imidazole rings is 1. The molecular formula is C16H13ClF3N3. The molecule has 1 aromatic heterocycles. The molecular weight excluding hydrogens is 327 g/mol. The molecule has 3 aromatic rings. The Balaban J connectivity index is 1.69. The number of hydrogen-bond donors (Lipinski definition) is 2. The Morgan fingerprint density at radius 1 is 1.09 bits per heavy atom. The van der Waals surface area contributed by atoms with Crippen molar-refractivity contribution in [1.29, 1.82) is 0 Å². The van der Waals surface area contributed by atoms with Gasteiger partial charge in [-0.1, -0.05) is 23.7 Å². The molecule has 0 saturated carbocycles. The zero-order chi connectivity index (χ0) is 16.4. The summed E-state index contributed by atoms with van der Waals surface area (Å²) in [6.45, 7) is 1.01. The highest BCUT2D eigenvalue weighted by Crippen LogP contribution is 2.30. The molecule has 0 unspecified atom stereocenters. The van der Waals surface area contributed by atoms with Gasteiger partial charge in [-0.05, 0) is 35.9 Å². The highest BCUT2D eigenvalue weighted by Gasteiger charge is 2.30. The highest BCUT2D eigenvalue weighted by atomic mass is 35.5. The van der Waals surface area contributed by atoms with Gasteiger partial charge in [0.2, 0.25) is 0 Å². The summed E-state index contributed by atoms with van der Waals surface area (Å²) in [6.07, 6.45) is -4.36. The summed E-state index contributed by atoms with van der Waals surface area (Å²) < 4.78 is 38.1. The summed E-state index contributed by atoms with van der Waals surface area (Å²) in [5.41, 5.74) is 1.22. The highest BCUT2D eigenvalue weighted by molar-refractivity contribution is 6.30. The molecule has 0 aliphatic rings. The third-order valence-electron chi connectivity index (χ3n) is 3.37. The first-order valence-electron chi connectivity index (χ1n) is 6.93. The lowest BCUT2D eigenvalue weighted by Gasteiger charge is -2.05. The van der Waals surface area contributed by atoms with Crippen molar-refractivity contribution in [2.75, 3.05) is 0 Å². The van der Waals surface area contributed by atoms with E-state index in [4.69, 9.17) is 11.6 Å². The van der Waals surface area contributed by atoms with E-state index in [9.17, 15) is 13.2 Å². The van der Waals surface area contributed by atoms with Crippen LogP contribution < -0.4 is 5.32 Å². The van der Waals surface area contributed by atoms with Crippen LogP contribution in [0.2, 0.25) is 5.02 Å². The van der Waals surface area contributed by atoms with Crippen LogP contribution in [0.4, 0.5) is 13.2 Å². The van der Waals surface area contributed by atoms with Gasteiger partial charge in [0.25, 0.3) is 0 Å². The number of benzene rings is 2. The first-order chi connectivity index (χ1) is 10.9. The minimum atomic E-state index is -4.36. The van der Waals surface area contributed by atoms with Gasteiger partial charge < -0.3 is 10.3 Å². The average Bonchev–Trinajstić information content (AvgIpc) is 2.88. The third-order valence-corrected chi connectivity index (χ3v) is 3.60. The fourth-order valence-electron chi connectivity index (χ4n) is 2.29. The van der Waals surface area contributed by atoms with Gasteiger partial charge >= 0.3 is 6.18 Å². The largest absolute Gasteiger partial charge is 0.416 e. The SMILES string of the molecule is FC(F)(F)c1ccc2nc(CNCc3cccc(Cl)c3)[nH]c2c1. The van der Waals surface area contributed by atoms with E-state index in [1.807, 2.05) is 18.2 Å². The number of aromatic nitrogens is 2. The summed E-state index contributed by atoms with van der Waals surface area (Å²) >= 11 is 5.91. The van der Waals surface area contributed by atoms with Crippen molar-refractivity contribution in [3.8, 4) is 0 Å². The predicted molar refractivity (Wildman–Crippen MR) is 83.1 cm³/mol. The summed E-state index contributed by atoms with van der Waals surface area (Å²) in [5, 5.41) is 3.84. The van der Waals surface area contributed by atoms with Crippen LogP contribution in [0.3, 0.4) is 0 Å². The van der Waals surface area contributed by atoms with Crippen LogP contribution in [-0.4, -0.2) is 9.97 Å². The number of nitrogens with zero attached hydrogens (tertiary/aromatic N) is 1. The van der Waals surface area contributed by atoms with E-state index in [1.54, 1.807) is 6.07 Å². The lowest BCUT2D eigenvalue weighted by molar-refractivity contribution is -0.137. The van der Waals surface area contributed by atoms with E-state index in [2.05, 4.69) is 15.3 Å². The van der Waals surface area contributed by atoms with E-state index >= 15 is 0 Å². The van der Waals surface area contributed by atoms with Gasteiger partial charge in [0.15, 0.2) is 0 Å². The van der Waals surface area contributed by atoms with Gasteiger partial charge in [0.1, 0.15) is 5.82 Å². The number of H-pyrrole nitrogens is 1. The second-order valence-electron chi connectivity index (χ2n) is 5.15. The van der Waals surface area contributed by atoms with Crippen molar-refractivity contribution in [2.24, 2.45) is 0 Å². The third kappa shape index (κ3) is 3.83. The fourth-order valence-corrected chi connectivity index (χ4v) is 2.51. The summed E-state index contributed by atoms with van der Waals surface area (Å²) in [7, 11) is 0. The van der Waals surface area contributed by atoms with Gasteiger partial charge in [-0.15, -0.1) is 0 Å². The molecule has 0 aliphatic heterocycles. The first-order valence-corrected chi connectivity index (χ1v) is 7.30. The molecule has 0 saturated heterocycles. The minimum absolute atomic E-state index is 0.374. The molecule has 2 N–H and O–H groups in total. The maximum absolute atomic E-state index is 12.7. The summed E-state index contributed by atoms with van der Waals surface area (Å²) in [6, 6.07) is 10.9. The van der Waals surface area contributed by atoms with Gasteiger partial charge in [-0.25, -0.2) is 4.98 Å². The number of halogens is 4. The zero-order valence-corrected chi connectivity index (χ0v) is 12.7. The molecule has 120 valence electrons.